The normalized spacial score (nSPS) is 9.89. The van der Waals surface area contributed by atoms with Gasteiger partial charge in [-0.15, -0.1) is 0 Å². The van der Waals surface area contributed by atoms with E-state index in [0.29, 0.717) is 0 Å². The van der Waals surface area contributed by atoms with Crippen molar-refractivity contribution < 1.29 is 23.6 Å². The van der Waals surface area contributed by atoms with Gasteiger partial charge in [-0.2, -0.15) is 5.26 Å². The largest absolute Gasteiger partial charge is 0.484 e. The van der Waals surface area contributed by atoms with Gasteiger partial charge in [-0.1, -0.05) is 11.2 Å². The third-order valence-electron chi connectivity index (χ3n) is 2.24. The third kappa shape index (κ3) is 2.69. The molecule has 0 aliphatic heterocycles. The van der Waals surface area contributed by atoms with Crippen LogP contribution in [0.2, 0.25) is 0 Å². The summed E-state index contributed by atoms with van der Waals surface area (Å²) >= 11 is 0. The Labute approximate surface area is 106 Å². The Hall–Kier alpha value is -2.88. The molecule has 1 heterocycles. The second-order valence-electron chi connectivity index (χ2n) is 3.50. The van der Waals surface area contributed by atoms with E-state index >= 15 is 0 Å². The molecule has 0 atom stereocenters. The zero-order chi connectivity index (χ0) is 13.8. The summed E-state index contributed by atoms with van der Waals surface area (Å²) in [6, 6.07) is 6.84. The monoisotopic (exact) mass is 262 g/mol. The van der Waals surface area contributed by atoms with E-state index in [-0.39, 0.29) is 29.4 Å². The molecule has 0 fully saturated rings. The number of aromatic nitrogens is 1. The first kappa shape index (κ1) is 12.6. The van der Waals surface area contributed by atoms with E-state index in [0.717, 1.165) is 6.07 Å². The summed E-state index contributed by atoms with van der Waals surface area (Å²) in [7, 11) is 0. The molecule has 2 aromatic rings. The maximum atomic E-state index is 13.3. The van der Waals surface area contributed by atoms with Crippen LogP contribution in [0.5, 0.6) is 5.75 Å². The molecule has 7 heteroatoms. The van der Waals surface area contributed by atoms with Gasteiger partial charge in [-0.3, -0.25) is 0 Å². The second-order valence-corrected chi connectivity index (χ2v) is 3.50. The predicted octanol–water partition coefficient (Wildman–Crippen LogP) is 1.96. The number of aromatic carboxylic acids is 1. The molecule has 0 radical (unpaired) electrons. The highest BCUT2D eigenvalue weighted by Gasteiger charge is 2.13. The molecular formula is C12H7FN2O4. The molecule has 6 nitrogen and oxygen atoms in total. The topological polar surface area (TPSA) is 96.3 Å². The zero-order valence-electron chi connectivity index (χ0n) is 9.46. The van der Waals surface area contributed by atoms with Gasteiger partial charge >= 0.3 is 5.97 Å². The second kappa shape index (κ2) is 5.18. The van der Waals surface area contributed by atoms with Gasteiger partial charge < -0.3 is 14.4 Å². The van der Waals surface area contributed by atoms with Crippen molar-refractivity contribution in [1.29, 1.82) is 5.26 Å². The zero-order valence-corrected chi connectivity index (χ0v) is 9.46. The average molecular weight is 262 g/mol. The number of carboxylic acid groups (broad SMARTS) is 1. The van der Waals surface area contributed by atoms with Crippen molar-refractivity contribution >= 4 is 5.97 Å². The standard InChI is InChI=1S/C12H7FN2O4/c13-9-2-1-3-11(8(9)5-14)18-6-7-4-10(12(16)17)15-19-7/h1-4H,6H2,(H,16,17). The van der Waals surface area contributed by atoms with Crippen LogP contribution in [-0.4, -0.2) is 16.2 Å². The molecular weight excluding hydrogens is 255 g/mol. The highest BCUT2D eigenvalue weighted by Crippen LogP contribution is 2.21. The highest BCUT2D eigenvalue weighted by molar-refractivity contribution is 5.85. The number of carboxylic acids is 1. The molecule has 19 heavy (non-hydrogen) atoms. The maximum absolute atomic E-state index is 13.3. The Bertz CT molecular complexity index is 660. The maximum Gasteiger partial charge on any atom is 0.358 e. The van der Waals surface area contributed by atoms with Crippen LogP contribution in [-0.2, 0) is 6.61 Å². The lowest BCUT2D eigenvalue weighted by Gasteiger charge is -2.05. The minimum Gasteiger partial charge on any atom is -0.484 e. The number of nitriles is 1. The molecule has 0 aliphatic rings. The molecule has 0 bridgehead atoms. The van der Waals surface area contributed by atoms with Gasteiger partial charge in [0.15, 0.2) is 11.5 Å². The number of ether oxygens (including phenoxy) is 1. The van der Waals surface area contributed by atoms with Gasteiger partial charge in [-0.25, -0.2) is 9.18 Å². The molecule has 2 rings (SSSR count). The van der Waals surface area contributed by atoms with E-state index < -0.39 is 11.8 Å². The van der Waals surface area contributed by atoms with Crippen molar-refractivity contribution in [1.82, 2.24) is 5.16 Å². The highest BCUT2D eigenvalue weighted by atomic mass is 19.1. The summed E-state index contributed by atoms with van der Waals surface area (Å²) in [4.78, 5) is 10.6. The van der Waals surface area contributed by atoms with E-state index in [1.54, 1.807) is 6.07 Å². The molecule has 1 aromatic carbocycles. The average Bonchev–Trinajstić information content (AvgIpc) is 2.85. The third-order valence-corrected chi connectivity index (χ3v) is 2.24. The van der Waals surface area contributed by atoms with Crippen LogP contribution in [0.15, 0.2) is 28.8 Å². The minimum absolute atomic E-state index is 0.0516. The van der Waals surface area contributed by atoms with Crippen molar-refractivity contribution in [3.05, 3.63) is 47.1 Å². The van der Waals surface area contributed by atoms with Crippen LogP contribution in [0.1, 0.15) is 21.8 Å². The summed E-state index contributed by atoms with van der Waals surface area (Å²) in [5.41, 5.74) is -0.473. The quantitative estimate of drug-likeness (QED) is 0.904. The number of halogens is 1. The first-order valence-corrected chi connectivity index (χ1v) is 5.12. The van der Waals surface area contributed by atoms with Crippen LogP contribution >= 0.6 is 0 Å². The summed E-state index contributed by atoms with van der Waals surface area (Å²) < 4.78 is 23.2. The predicted molar refractivity (Wildman–Crippen MR) is 58.9 cm³/mol. The van der Waals surface area contributed by atoms with Crippen molar-refractivity contribution in [2.24, 2.45) is 0 Å². The smallest absolute Gasteiger partial charge is 0.358 e. The van der Waals surface area contributed by atoms with Crippen LogP contribution < -0.4 is 4.74 Å². The van der Waals surface area contributed by atoms with Crippen molar-refractivity contribution in [3.63, 3.8) is 0 Å². The molecule has 0 unspecified atom stereocenters. The van der Waals surface area contributed by atoms with E-state index in [1.807, 2.05) is 0 Å². The summed E-state index contributed by atoms with van der Waals surface area (Å²) in [5.74, 6) is -1.71. The van der Waals surface area contributed by atoms with Gasteiger partial charge in [0.05, 0.1) is 0 Å². The van der Waals surface area contributed by atoms with Crippen molar-refractivity contribution in [2.75, 3.05) is 0 Å². The number of hydrogen-bond acceptors (Lipinski definition) is 5. The molecule has 0 saturated carbocycles. The Balaban J connectivity index is 2.12. The van der Waals surface area contributed by atoms with E-state index in [2.05, 4.69) is 5.16 Å². The van der Waals surface area contributed by atoms with Gasteiger partial charge in [0, 0.05) is 6.07 Å². The van der Waals surface area contributed by atoms with Crippen LogP contribution in [0.3, 0.4) is 0 Å². The fraction of sp³-hybridized carbons (Fsp3) is 0.0833. The van der Waals surface area contributed by atoms with Crippen LogP contribution in [0.25, 0.3) is 0 Å². The number of carbonyl (C=O) groups is 1. The number of nitrogens with zero attached hydrogens (tertiary/aromatic N) is 2. The van der Waals surface area contributed by atoms with Gasteiger partial charge in [0.25, 0.3) is 0 Å². The lowest BCUT2D eigenvalue weighted by Crippen LogP contribution is -1.98. The molecule has 0 saturated heterocycles. The minimum atomic E-state index is -1.22. The fourth-order valence-corrected chi connectivity index (χ4v) is 1.36. The van der Waals surface area contributed by atoms with Crippen LogP contribution in [0.4, 0.5) is 4.39 Å². The first-order valence-electron chi connectivity index (χ1n) is 5.12. The SMILES string of the molecule is N#Cc1c(F)cccc1OCc1cc(C(=O)O)no1. The van der Waals surface area contributed by atoms with E-state index in [9.17, 15) is 9.18 Å². The van der Waals surface area contributed by atoms with E-state index in [4.69, 9.17) is 19.6 Å². The molecule has 1 aromatic heterocycles. The first-order chi connectivity index (χ1) is 9.11. The Morgan fingerprint density at radius 3 is 3.00 bits per heavy atom. The molecule has 0 spiro atoms. The van der Waals surface area contributed by atoms with Crippen LogP contribution in [0, 0.1) is 17.1 Å². The van der Waals surface area contributed by atoms with E-state index in [1.165, 1.54) is 18.2 Å². The van der Waals surface area contributed by atoms with Gasteiger partial charge in [-0.05, 0) is 12.1 Å². The summed E-state index contributed by atoms with van der Waals surface area (Å²) in [6.45, 7) is -0.154. The molecule has 96 valence electrons. The Morgan fingerprint density at radius 2 is 2.37 bits per heavy atom. The fourth-order valence-electron chi connectivity index (χ4n) is 1.36. The number of hydrogen-bond donors (Lipinski definition) is 1. The summed E-state index contributed by atoms with van der Waals surface area (Å²) in [5, 5.41) is 20.7. The number of benzene rings is 1. The van der Waals surface area contributed by atoms with Gasteiger partial charge in [0.1, 0.15) is 29.8 Å². The molecule has 1 N–H and O–H groups in total. The lowest BCUT2D eigenvalue weighted by atomic mass is 10.2. The number of rotatable bonds is 4. The van der Waals surface area contributed by atoms with Crippen molar-refractivity contribution in [3.8, 4) is 11.8 Å². The Kier molecular flexibility index (Phi) is 3.43. The Morgan fingerprint density at radius 1 is 1.58 bits per heavy atom. The van der Waals surface area contributed by atoms with Crippen molar-refractivity contribution in [2.45, 2.75) is 6.61 Å². The molecule has 0 amide bonds. The molecule has 0 aliphatic carbocycles. The van der Waals surface area contributed by atoms with Gasteiger partial charge in [0.2, 0.25) is 0 Å². The lowest BCUT2D eigenvalue weighted by molar-refractivity contribution is 0.0685. The summed E-state index contributed by atoms with van der Waals surface area (Å²) in [6.07, 6.45) is 0.